The Hall–Kier alpha value is -2.80. The van der Waals surface area contributed by atoms with Gasteiger partial charge in [0.15, 0.2) is 0 Å². The molecule has 0 saturated heterocycles. The molecule has 118 valence electrons. The number of aromatic nitrogens is 4. The van der Waals surface area contributed by atoms with Gasteiger partial charge in [0.25, 0.3) is 5.89 Å². The highest BCUT2D eigenvalue weighted by Crippen LogP contribution is 2.25. The van der Waals surface area contributed by atoms with Gasteiger partial charge in [-0.25, -0.2) is 4.39 Å². The van der Waals surface area contributed by atoms with E-state index in [-0.39, 0.29) is 5.82 Å². The monoisotopic (exact) mass is 384 g/mol. The highest BCUT2D eigenvalue weighted by molar-refractivity contribution is 9.10. The summed E-state index contributed by atoms with van der Waals surface area (Å²) < 4.78 is 19.3. The summed E-state index contributed by atoms with van der Waals surface area (Å²) in [7, 11) is 0. The zero-order valence-corrected chi connectivity index (χ0v) is 13.8. The van der Waals surface area contributed by atoms with Crippen LogP contribution in [0.5, 0.6) is 0 Å². The summed E-state index contributed by atoms with van der Waals surface area (Å²) in [5.74, 6) is 0.551. The molecule has 0 spiro atoms. The summed E-state index contributed by atoms with van der Waals surface area (Å²) in [6, 6.07) is 15.5. The summed E-state index contributed by atoms with van der Waals surface area (Å²) >= 11 is 3.39. The van der Waals surface area contributed by atoms with Crippen LogP contribution in [0.1, 0.15) is 0 Å². The van der Waals surface area contributed by atoms with Crippen LogP contribution in [0, 0.1) is 5.82 Å². The van der Waals surface area contributed by atoms with Crippen molar-refractivity contribution in [1.82, 2.24) is 20.3 Å². The lowest BCUT2D eigenvalue weighted by molar-refractivity contribution is 0.431. The molecule has 24 heavy (non-hydrogen) atoms. The Morgan fingerprint density at radius 2 is 1.67 bits per heavy atom. The maximum Gasteiger partial charge on any atom is 0.276 e. The van der Waals surface area contributed by atoms with Crippen LogP contribution in [0.4, 0.5) is 4.39 Å². The van der Waals surface area contributed by atoms with Gasteiger partial charge in [-0.05, 0) is 54.6 Å². The molecule has 0 amide bonds. The summed E-state index contributed by atoms with van der Waals surface area (Å²) in [5, 5.41) is 11.1. The maximum absolute atomic E-state index is 13.0. The van der Waals surface area contributed by atoms with Crippen LogP contribution in [0.2, 0.25) is 0 Å². The van der Waals surface area contributed by atoms with E-state index < -0.39 is 0 Å². The molecule has 0 bridgehead atoms. The van der Waals surface area contributed by atoms with Crippen molar-refractivity contribution in [3.8, 4) is 34.2 Å². The minimum absolute atomic E-state index is 0.287. The molecule has 0 unspecified atom stereocenters. The van der Waals surface area contributed by atoms with Crippen molar-refractivity contribution < 1.29 is 8.91 Å². The van der Waals surface area contributed by atoms with E-state index in [2.05, 4.69) is 36.3 Å². The first-order valence-corrected chi connectivity index (χ1v) is 7.90. The maximum atomic E-state index is 13.0. The van der Waals surface area contributed by atoms with E-state index in [0.717, 1.165) is 15.6 Å². The summed E-state index contributed by atoms with van der Waals surface area (Å²) in [6.07, 6.45) is 0. The standard InChI is InChI=1S/C17H10BrFN4O/c18-12-5-1-11(2-6-12)16-20-17(24-23-16)15-9-14(21-22-15)10-3-7-13(19)8-4-10/h1-9H,(H,21,22). The predicted molar refractivity (Wildman–Crippen MR) is 90.4 cm³/mol. The minimum Gasteiger partial charge on any atom is -0.332 e. The van der Waals surface area contributed by atoms with Gasteiger partial charge in [0.05, 0.1) is 5.69 Å². The molecule has 0 aliphatic carbocycles. The zero-order valence-electron chi connectivity index (χ0n) is 12.2. The van der Waals surface area contributed by atoms with E-state index in [9.17, 15) is 4.39 Å². The van der Waals surface area contributed by atoms with Crippen LogP contribution in [-0.4, -0.2) is 20.3 Å². The highest BCUT2D eigenvalue weighted by Gasteiger charge is 2.14. The molecule has 1 N–H and O–H groups in total. The van der Waals surface area contributed by atoms with Gasteiger partial charge >= 0.3 is 0 Å². The second kappa shape index (κ2) is 6.01. The van der Waals surface area contributed by atoms with Gasteiger partial charge in [0.1, 0.15) is 11.5 Å². The molecule has 0 aliphatic rings. The lowest BCUT2D eigenvalue weighted by atomic mass is 10.1. The molecule has 4 rings (SSSR count). The van der Waals surface area contributed by atoms with Crippen LogP contribution in [0.25, 0.3) is 34.2 Å². The third-order valence-electron chi connectivity index (χ3n) is 3.48. The Morgan fingerprint density at radius 3 is 2.42 bits per heavy atom. The molecular formula is C17H10BrFN4O. The van der Waals surface area contributed by atoms with Crippen LogP contribution in [0.15, 0.2) is 63.6 Å². The van der Waals surface area contributed by atoms with Crippen LogP contribution in [-0.2, 0) is 0 Å². The van der Waals surface area contributed by atoms with Crippen molar-refractivity contribution in [3.63, 3.8) is 0 Å². The number of hydrogen-bond acceptors (Lipinski definition) is 4. The molecule has 4 aromatic rings. The van der Waals surface area contributed by atoms with Crippen molar-refractivity contribution in [1.29, 1.82) is 0 Å². The molecule has 2 aromatic heterocycles. The average molecular weight is 385 g/mol. The Morgan fingerprint density at radius 1 is 0.958 bits per heavy atom. The topological polar surface area (TPSA) is 67.6 Å². The number of nitrogens with zero attached hydrogens (tertiary/aromatic N) is 3. The summed E-state index contributed by atoms with van der Waals surface area (Å²) in [4.78, 5) is 4.38. The van der Waals surface area contributed by atoms with E-state index in [1.54, 1.807) is 18.2 Å². The van der Waals surface area contributed by atoms with Gasteiger partial charge in [0, 0.05) is 15.6 Å². The number of halogens is 2. The fraction of sp³-hybridized carbons (Fsp3) is 0. The second-order valence-electron chi connectivity index (χ2n) is 5.10. The van der Waals surface area contributed by atoms with Gasteiger partial charge < -0.3 is 4.52 Å². The number of hydrogen-bond donors (Lipinski definition) is 1. The molecule has 0 saturated carbocycles. The molecule has 2 heterocycles. The first kappa shape index (κ1) is 14.8. The summed E-state index contributed by atoms with van der Waals surface area (Å²) in [5.41, 5.74) is 2.93. The number of nitrogens with one attached hydrogen (secondary N) is 1. The van der Waals surface area contributed by atoms with Crippen molar-refractivity contribution in [2.24, 2.45) is 0 Å². The molecule has 0 atom stereocenters. The van der Waals surface area contributed by atoms with E-state index in [1.807, 2.05) is 24.3 Å². The minimum atomic E-state index is -0.287. The fourth-order valence-corrected chi connectivity index (χ4v) is 2.51. The first-order chi connectivity index (χ1) is 11.7. The highest BCUT2D eigenvalue weighted by atomic mass is 79.9. The smallest absolute Gasteiger partial charge is 0.276 e. The lowest BCUT2D eigenvalue weighted by Gasteiger charge is -1.94. The number of aromatic amines is 1. The van der Waals surface area contributed by atoms with Crippen molar-refractivity contribution in [3.05, 3.63) is 64.9 Å². The third-order valence-corrected chi connectivity index (χ3v) is 4.01. The average Bonchev–Trinajstić information content (AvgIpc) is 3.25. The fourth-order valence-electron chi connectivity index (χ4n) is 2.25. The van der Waals surface area contributed by atoms with Gasteiger partial charge in [-0.2, -0.15) is 10.1 Å². The van der Waals surface area contributed by atoms with E-state index >= 15 is 0 Å². The van der Waals surface area contributed by atoms with Crippen molar-refractivity contribution in [2.75, 3.05) is 0 Å². The predicted octanol–water partition coefficient (Wildman–Crippen LogP) is 4.70. The number of H-pyrrole nitrogens is 1. The molecule has 2 aromatic carbocycles. The Kier molecular flexibility index (Phi) is 3.70. The van der Waals surface area contributed by atoms with Crippen molar-refractivity contribution in [2.45, 2.75) is 0 Å². The first-order valence-electron chi connectivity index (χ1n) is 7.10. The molecule has 5 nitrogen and oxygen atoms in total. The van der Waals surface area contributed by atoms with Gasteiger partial charge in [-0.3, -0.25) is 5.10 Å². The largest absolute Gasteiger partial charge is 0.332 e. The third kappa shape index (κ3) is 2.85. The van der Waals surface area contributed by atoms with Gasteiger partial charge in [-0.1, -0.05) is 21.1 Å². The van der Waals surface area contributed by atoms with Crippen molar-refractivity contribution >= 4 is 15.9 Å². The molecule has 0 aliphatic heterocycles. The van der Waals surface area contributed by atoms with E-state index in [4.69, 9.17) is 4.52 Å². The molecule has 7 heteroatoms. The van der Waals surface area contributed by atoms with Crippen LogP contribution >= 0.6 is 15.9 Å². The van der Waals surface area contributed by atoms with Gasteiger partial charge in [0.2, 0.25) is 5.82 Å². The van der Waals surface area contributed by atoms with Gasteiger partial charge in [-0.15, -0.1) is 0 Å². The Balaban J connectivity index is 1.63. The molecule has 0 fully saturated rings. The van der Waals surface area contributed by atoms with Crippen LogP contribution < -0.4 is 0 Å². The Labute approximate surface area is 144 Å². The quantitative estimate of drug-likeness (QED) is 0.555. The number of benzene rings is 2. The molecule has 0 radical (unpaired) electrons. The normalized spacial score (nSPS) is 10.9. The summed E-state index contributed by atoms with van der Waals surface area (Å²) in [6.45, 7) is 0. The second-order valence-corrected chi connectivity index (χ2v) is 6.02. The van der Waals surface area contributed by atoms with Crippen LogP contribution in [0.3, 0.4) is 0 Å². The Bertz CT molecular complexity index is 895. The zero-order chi connectivity index (χ0) is 16.5. The SMILES string of the molecule is Fc1ccc(-c2cc(-c3nc(-c4ccc(Br)cc4)no3)[nH]n2)cc1. The van der Waals surface area contributed by atoms with E-state index in [0.29, 0.717) is 23.1 Å². The molecular weight excluding hydrogens is 375 g/mol. The number of rotatable bonds is 3. The van der Waals surface area contributed by atoms with E-state index in [1.165, 1.54) is 12.1 Å². The lowest BCUT2D eigenvalue weighted by Crippen LogP contribution is -1.81.